The molecule has 2 rings (SSSR count). The summed E-state index contributed by atoms with van der Waals surface area (Å²) in [6.45, 7) is 1.83. The molecule has 5 heteroatoms. The van der Waals surface area contributed by atoms with Gasteiger partial charge in [-0.25, -0.2) is 0 Å². The largest absolute Gasteiger partial charge is 0.493 e. The van der Waals surface area contributed by atoms with Crippen molar-refractivity contribution in [2.75, 3.05) is 21.3 Å². The summed E-state index contributed by atoms with van der Waals surface area (Å²) in [5, 5.41) is 9.44. The molecule has 0 aliphatic rings. The van der Waals surface area contributed by atoms with Gasteiger partial charge in [-0.05, 0) is 36.3 Å². The van der Waals surface area contributed by atoms with Crippen molar-refractivity contribution in [1.29, 1.82) is 5.26 Å². The number of nitrogens with zero attached hydrogens (tertiary/aromatic N) is 1. The SMILES string of the molecule is COc1cc(/C=C(\C#N)C(=O)c2ccccc2C)cc(OC)c1OC. The van der Waals surface area contributed by atoms with E-state index in [2.05, 4.69) is 0 Å². The standard InChI is InChI=1S/C20H19NO4/c1-13-7-5-6-8-16(13)19(22)15(12-21)9-14-10-17(23-2)20(25-4)18(11-14)24-3/h5-11H,1-4H3/b15-9+. The van der Waals surface area contributed by atoms with Crippen LogP contribution in [0.1, 0.15) is 21.5 Å². The topological polar surface area (TPSA) is 68.5 Å². The van der Waals surface area contributed by atoms with E-state index < -0.39 is 0 Å². The third-order valence-electron chi connectivity index (χ3n) is 3.75. The number of hydrogen-bond donors (Lipinski definition) is 0. The first kappa shape index (κ1) is 18.1. The van der Waals surface area contributed by atoms with E-state index in [-0.39, 0.29) is 11.4 Å². The third kappa shape index (κ3) is 3.81. The zero-order valence-corrected chi connectivity index (χ0v) is 14.6. The van der Waals surface area contributed by atoms with Crippen LogP contribution in [0.15, 0.2) is 42.0 Å². The highest BCUT2D eigenvalue weighted by atomic mass is 16.5. The lowest BCUT2D eigenvalue weighted by atomic mass is 9.98. The van der Waals surface area contributed by atoms with E-state index in [0.717, 1.165) is 5.56 Å². The Bertz CT molecular complexity index is 837. The van der Waals surface area contributed by atoms with Crippen LogP contribution >= 0.6 is 0 Å². The predicted molar refractivity (Wildman–Crippen MR) is 95.2 cm³/mol. The fourth-order valence-electron chi connectivity index (χ4n) is 2.47. The lowest BCUT2D eigenvalue weighted by Crippen LogP contribution is -2.04. The zero-order valence-electron chi connectivity index (χ0n) is 14.6. The van der Waals surface area contributed by atoms with Gasteiger partial charge in [0.05, 0.1) is 21.3 Å². The normalized spacial score (nSPS) is 10.8. The molecule has 0 unspecified atom stereocenters. The van der Waals surface area contributed by atoms with Gasteiger partial charge in [-0.1, -0.05) is 24.3 Å². The Labute approximate surface area is 147 Å². The van der Waals surface area contributed by atoms with Gasteiger partial charge in [0.15, 0.2) is 11.5 Å². The van der Waals surface area contributed by atoms with Gasteiger partial charge < -0.3 is 14.2 Å². The molecular weight excluding hydrogens is 318 g/mol. The van der Waals surface area contributed by atoms with Crippen LogP contribution in [0.25, 0.3) is 6.08 Å². The van der Waals surface area contributed by atoms with Crippen LogP contribution in [0.3, 0.4) is 0 Å². The molecule has 0 N–H and O–H groups in total. The minimum atomic E-state index is -0.325. The molecule has 0 spiro atoms. The fourth-order valence-corrected chi connectivity index (χ4v) is 2.47. The summed E-state index contributed by atoms with van der Waals surface area (Å²) < 4.78 is 15.9. The van der Waals surface area contributed by atoms with Crippen LogP contribution in [0.4, 0.5) is 0 Å². The average Bonchev–Trinajstić information content (AvgIpc) is 2.64. The number of rotatable bonds is 6. The molecule has 0 fully saturated rings. The summed E-state index contributed by atoms with van der Waals surface area (Å²) in [4.78, 5) is 12.7. The summed E-state index contributed by atoms with van der Waals surface area (Å²) >= 11 is 0. The Hall–Kier alpha value is -3.26. The van der Waals surface area contributed by atoms with Crippen LogP contribution in [-0.2, 0) is 0 Å². The molecule has 0 atom stereocenters. The second kappa shape index (κ2) is 8.02. The highest BCUT2D eigenvalue weighted by Crippen LogP contribution is 2.38. The van der Waals surface area contributed by atoms with Crippen LogP contribution in [-0.4, -0.2) is 27.1 Å². The molecule has 0 aliphatic carbocycles. The minimum absolute atomic E-state index is 0.0311. The van der Waals surface area contributed by atoms with Crippen molar-refractivity contribution in [1.82, 2.24) is 0 Å². The highest BCUT2D eigenvalue weighted by Gasteiger charge is 2.16. The van der Waals surface area contributed by atoms with Gasteiger partial charge in [-0.2, -0.15) is 5.26 Å². The molecule has 0 amide bonds. The number of carbonyl (C=O) groups excluding carboxylic acids is 1. The number of ether oxygens (including phenoxy) is 3. The van der Waals surface area contributed by atoms with Gasteiger partial charge >= 0.3 is 0 Å². The second-order valence-corrected chi connectivity index (χ2v) is 5.27. The van der Waals surface area contributed by atoms with Crippen LogP contribution in [0.2, 0.25) is 0 Å². The number of hydrogen-bond acceptors (Lipinski definition) is 5. The Balaban J connectivity index is 2.52. The van der Waals surface area contributed by atoms with Gasteiger partial charge in [0, 0.05) is 5.56 Å². The van der Waals surface area contributed by atoms with E-state index in [9.17, 15) is 10.1 Å². The maximum Gasteiger partial charge on any atom is 0.203 e. The van der Waals surface area contributed by atoms with Gasteiger partial charge in [-0.15, -0.1) is 0 Å². The van der Waals surface area contributed by atoms with E-state index in [4.69, 9.17) is 14.2 Å². The summed E-state index contributed by atoms with van der Waals surface area (Å²) in [6, 6.07) is 12.5. The minimum Gasteiger partial charge on any atom is -0.493 e. The number of Topliss-reactive ketones (excluding diaryl/α,β-unsaturated/α-hetero) is 1. The first-order valence-corrected chi connectivity index (χ1v) is 7.57. The first-order chi connectivity index (χ1) is 12.0. The van der Waals surface area contributed by atoms with Crippen molar-refractivity contribution in [2.45, 2.75) is 6.92 Å². The van der Waals surface area contributed by atoms with Gasteiger partial charge in [0.25, 0.3) is 0 Å². The Morgan fingerprint density at radius 3 is 2.12 bits per heavy atom. The molecule has 2 aromatic carbocycles. The summed E-state index contributed by atoms with van der Waals surface area (Å²) in [7, 11) is 4.53. The molecule has 5 nitrogen and oxygen atoms in total. The molecule has 25 heavy (non-hydrogen) atoms. The maximum atomic E-state index is 12.7. The molecule has 0 saturated carbocycles. The fraction of sp³-hybridized carbons (Fsp3) is 0.200. The molecule has 0 radical (unpaired) electrons. The first-order valence-electron chi connectivity index (χ1n) is 7.57. The predicted octanol–water partition coefficient (Wildman–Crippen LogP) is 3.81. The van der Waals surface area contributed by atoms with Crippen molar-refractivity contribution in [3.63, 3.8) is 0 Å². The molecule has 0 bridgehead atoms. The third-order valence-corrected chi connectivity index (χ3v) is 3.75. The second-order valence-electron chi connectivity index (χ2n) is 5.27. The van der Waals surface area contributed by atoms with E-state index in [0.29, 0.717) is 28.4 Å². The Morgan fingerprint density at radius 2 is 1.64 bits per heavy atom. The molecule has 128 valence electrons. The van der Waals surface area contributed by atoms with E-state index >= 15 is 0 Å². The summed E-state index contributed by atoms with van der Waals surface area (Å²) in [6.07, 6.45) is 1.51. The van der Waals surface area contributed by atoms with Crippen molar-refractivity contribution in [2.24, 2.45) is 0 Å². The number of benzene rings is 2. The summed E-state index contributed by atoms with van der Waals surface area (Å²) in [5.41, 5.74) is 1.96. The van der Waals surface area contributed by atoms with Gasteiger partial charge in [0.1, 0.15) is 11.6 Å². The van der Waals surface area contributed by atoms with Crippen LogP contribution in [0, 0.1) is 18.3 Å². The molecule has 0 heterocycles. The molecular formula is C20H19NO4. The van der Waals surface area contributed by atoms with Crippen molar-refractivity contribution >= 4 is 11.9 Å². The summed E-state index contributed by atoms with van der Waals surface area (Å²) in [5.74, 6) is 1.03. The smallest absolute Gasteiger partial charge is 0.203 e. The quantitative estimate of drug-likeness (QED) is 0.455. The van der Waals surface area contributed by atoms with Crippen molar-refractivity contribution in [3.8, 4) is 23.3 Å². The van der Waals surface area contributed by atoms with Crippen molar-refractivity contribution in [3.05, 3.63) is 58.7 Å². The van der Waals surface area contributed by atoms with Gasteiger partial charge in [0.2, 0.25) is 11.5 Å². The van der Waals surface area contributed by atoms with Crippen LogP contribution < -0.4 is 14.2 Å². The van der Waals surface area contributed by atoms with Crippen LogP contribution in [0.5, 0.6) is 17.2 Å². The zero-order chi connectivity index (χ0) is 18.4. The number of methoxy groups -OCH3 is 3. The molecule has 2 aromatic rings. The van der Waals surface area contributed by atoms with E-state index in [1.807, 2.05) is 25.1 Å². The van der Waals surface area contributed by atoms with E-state index in [1.165, 1.54) is 27.4 Å². The maximum absolute atomic E-state index is 12.7. The number of allylic oxidation sites excluding steroid dienone is 1. The lowest BCUT2D eigenvalue weighted by molar-refractivity contribution is 0.103. The number of aryl methyl sites for hydroxylation is 1. The molecule has 0 aromatic heterocycles. The number of carbonyl (C=O) groups is 1. The average molecular weight is 337 g/mol. The molecule has 0 aliphatic heterocycles. The highest BCUT2D eigenvalue weighted by molar-refractivity contribution is 6.14. The number of ketones is 1. The van der Waals surface area contributed by atoms with E-state index in [1.54, 1.807) is 24.3 Å². The number of nitriles is 1. The van der Waals surface area contributed by atoms with Crippen molar-refractivity contribution < 1.29 is 19.0 Å². The Kier molecular flexibility index (Phi) is 5.80. The lowest BCUT2D eigenvalue weighted by Gasteiger charge is -2.13. The molecule has 0 saturated heterocycles. The Morgan fingerprint density at radius 1 is 1.04 bits per heavy atom. The monoisotopic (exact) mass is 337 g/mol. The van der Waals surface area contributed by atoms with Gasteiger partial charge in [-0.3, -0.25) is 4.79 Å².